The monoisotopic (exact) mass is 372 g/mol. The normalized spacial score (nSPS) is 16.1. The standard InChI is InChI=1S/C21H22Cl2N2/c1-5-25-20-11-19(23)15(10-18(20)14(2)12-21(25,3)4)13-24-17-8-6-16(22)7-9-17/h6-13H,5H2,1-4H3. The van der Waals surface area contributed by atoms with Crippen molar-refractivity contribution in [1.29, 1.82) is 0 Å². The van der Waals surface area contributed by atoms with Gasteiger partial charge in [-0.05, 0) is 69.7 Å². The van der Waals surface area contributed by atoms with Crippen LogP contribution in [0.1, 0.15) is 38.8 Å². The van der Waals surface area contributed by atoms with Gasteiger partial charge in [-0.1, -0.05) is 29.3 Å². The number of hydrogen-bond acceptors (Lipinski definition) is 2. The largest absolute Gasteiger partial charge is 0.363 e. The lowest BCUT2D eigenvalue weighted by molar-refractivity contribution is 0.566. The molecule has 130 valence electrons. The van der Waals surface area contributed by atoms with Gasteiger partial charge >= 0.3 is 0 Å². The van der Waals surface area contributed by atoms with Crippen molar-refractivity contribution in [3.8, 4) is 0 Å². The molecular weight excluding hydrogens is 351 g/mol. The second-order valence-corrected chi connectivity index (χ2v) is 7.69. The van der Waals surface area contributed by atoms with Gasteiger partial charge in [0.25, 0.3) is 0 Å². The van der Waals surface area contributed by atoms with E-state index in [9.17, 15) is 0 Å². The SMILES string of the molecule is CCN1c2cc(Cl)c(C=Nc3ccc(Cl)cc3)cc2C(C)=CC1(C)C. The van der Waals surface area contributed by atoms with Crippen molar-refractivity contribution in [3.63, 3.8) is 0 Å². The molecule has 0 unspecified atom stereocenters. The van der Waals surface area contributed by atoms with Crippen molar-refractivity contribution in [2.24, 2.45) is 4.99 Å². The molecule has 0 saturated heterocycles. The van der Waals surface area contributed by atoms with Crippen molar-refractivity contribution in [3.05, 3.63) is 63.6 Å². The predicted molar refractivity (Wildman–Crippen MR) is 111 cm³/mol. The maximum atomic E-state index is 6.56. The molecule has 2 aromatic rings. The van der Waals surface area contributed by atoms with E-state index in [1.165, 1.54) is 16.8 Å². The van der Waals surface area contributed by atoms with Crippen LogP contribution in [0.4, 0.5) is 11.4 Å². The Morgan fingerprint density at radius 2 is 1.80 bits per heavy atom. The fourth-order valence-corrected chi connectivity index (χ4v) is 3.80. The summed E-state index contributed by atoms with van der Waals surface area (Å²) in [4.78, 5) is 6.90. The number of anilines is 1. The molecule has 4 heteroatoms. The Balaban J connectivity index is 2.02. The van der Waals surface area contributed by atoms with Gasteiger partial charge in [-0.15, -0.1) is 0 Å². The first-order valence-electron chi connectivity index (χ1n) is 8.42. The summed E-state index contributed by atoms with van der Waals surface area (Å²) in [6.07, 6.45) is 4.13. The molecule has 0 aromatic heterocycles. The number of allylic oxidation sites excluding steroid dienone is 1. The molecule has 0 aliphatic carbocycles. The quantitative estimate of drug-likeness (QED) is 0.542. The number of likely N-dealkylation sites (N-methyl/N-ethyl adjacent to an activating group) is 1. The van der Waals surface area contributed by atoms with E-state index in [1.54, 1.807) is 0 Å². The van der Waals surface area contributed by atoms with Crippen LogP contribution in [0.3, 0.4) is 0 Å². The van der Waals surface area contributed by atoms with Gasteiger partial charge in [0.15, 0.2) is 0 Å². The second kappa shape index (κ2) is 6.86. The van der Waals surface area contributed by atoms with Gasteiger partial charge in [0.2, 0.25) is 0 Å². The van der Waals surface area contributed by atoms with E-state index in [-0.39, 0.29) is 5.54 Å². The Bertz CT molecular complexity index is 849. The van der Waals surface area contributed by atoms with E-state index in [2.05, 4.69) is 55.8 Å². The van der Waals surface area contributed by atoms with E-state index in [0.717, 1.165) is 17.8 Å². The van der Waals surface area contributed by atoms with Gasteiger partial charge in [-0.25, -0.2) is 0 Å². The third-order valence-electron chi connectivity index (χ3n) is 4.59. The number of benzene rings is 2. The molecule has 0 radical (unpaired) electrons. The van der Waals surface area contributed by atoms with E-state index in [4.69, 9.17) is 23.2 Å². The van der Waals surface area contributed by atoms with Crippen LogP contribution in [0.15, 0.2) is 47.5 Å². The molecule has 0 fully saturated rings. The zero-order valence-corrected chi connectivity index (χ0v) is 16.5. The Morgan fingerprint density at radius 1 is 1.12 bits per heavy atom. The van der Waals surface area contributed by atoms with Crippen LogP contribution >= 0.6 is 23.2 Å². The summed E-state index contributed by atoms with van der Waals surface area (Å²) < 4.78 is 0. The van der Waals surface area contributed by atoms with Crippen molar-refractivity contribution >= 4 is 46.4 Å². The maximum absolute atomic E-state index is 6.56. The lowest BCUT2D eigenvalue weighted by atomic mass is 9.88. The highest BCUT2D eigenvalue weighted by molar-refractivity contribution is 6.33. The summed E-state index contributed by atoms with van der Waals surface area (Å²) in [7, 11) is 0. The van der Waals surface area contributed by atoms with Gasteiger partial charge in [0.1, 0.15) is 0 Å². The Labute approximate surface area is 159 Å². The predicted octanol–water partition coefficient (Wildman–Crippen LogP) is 6.77. The van der Waals surface area contributed by atoms with Crippen molar-refractivity contribution in [2.75, 3.05) is 11.4 Å². The molecule has 0 spiro atoms. The molecule has 2 aromatic carbocycles. The Kier molecular flexibility index (Phi) is 4.95. The zero-order valence-electron chi connectivity index (χ0n) is 15.0. The van der Waals surface area contributed by atoms with Crippen LogP contribution in [0.2, 0.25) is 10.0 Å². The fourth-order valence-electron chi connectivity index (χ4n) is 3.46. The lowest BCUT2D eigenvalue weighted by Crippen LogP contribution is -2.44. The minimum absolute atomic E-state index is 0.0198. The number of rotatable bonds is 3. The summed E-state index contributed by atoms with van der Waals surface area (Å²) in [5, 5.41) is 1.41. The zero-order chi connectivity index (χ0) is 18.2. The molecule has 0 saturated carbocycles. The summed E-state index contributed by atoms with van der Waals surface area (Å²) in [5.41, 5.74) is 5.40. The van der Waals surface area contributed by atoms with Crippen molar-refractivity contribution < 1.29 is 0 Å². The first kappa shape index (κ1) is 18.0. The average Bonchev–Trinajstić information content (AvgIpc) is 2.54. The highest BCUT2D eigenvalue weighted by Crippen LogP contribution is 2.41. The van der Waals surface area contributed by atoms with Crippen LogP contribution in [-0.4, -0.2) is 18.3 Å². The molecule has 3 rings (SSSR count). The third-order valence-corrected chi connectivity index (χ3v) is 5.17. The van der Waals surface area contributed by atoms with Gasteiger partial charge in [0, 0.05) is 34.6 Å². The van der Waals surface area contributed by atoms with Crippen molar-refractivity contribution in [2.45, 2.75) is 33.2 Å². The number of nitrogens with zero attached hydrogens (tertiary/aromatic N) is 2. The van der Waals surface area contributed by atoms with Gasteiger partial charge in [0.05, 0.1) is 16.2 Å². The molecule has 1 aliphatic heterocycles. The summed E-state index contributed by atoms with van der Waals surface area (Å²) in [6, 6.07) is 11.6. The first-order valence-corrected chi connectivity index (χ1v) is 9.18. The van der Waals surface area contributed by atoms with E-state index < -0.39 is 0 Å². The highest BCUT2D eigenvalue weighted by Gasteiger charge is 2.30. The summed E-state index contributed by atoms with van der Waals surface area (Å²) in [6.45, 7) is 9.71. The van der Waals surface area contributed by atoms with Gasteiger partial charge in [-0.2, -0.15) is 0 Å². The number of aliphatic imine (C=N–C) groups is 1. The molecule has 0 atom stereocenters. The second-order valence-electron chi connectivity index (χ2n) is 6.85. The molecule has 0 N–H and O–H groups in total. The smallest absolute Gasteiger partial charge is 0.0630 e. The molecule has 0 amide bonds. The number of hydrogen-bond donors (Lipinski definition) is 0. The van der Waals surface area contributed by atoms with Crippen LogP contribution in [0, 0.1) is 0 Å². The topological polar surface area (TPSA) is 15.6 Å². The van der Waals surface area contributed by atoms with E-state index in [1.807, 2.05) is 30.5 Å². The average molecular weight is 373 g/mol. The minimum Gasteiger partial charge on any atom is -0.363 e. The van der Waals surface area contributed by atoms with Gasteiger partial charge in [-0.3, -0.25) is 4.99 Å². The van der Waals surface area contributed by atoms with Crippen LogP contribution < -0.4 is 4.90 Å². The fraction of sp³-hybridized carbons (Fsp3) is 0.286. The van der Waals surface area contributed by atoms with Gasteiger partial charge < -0.3 is 4.90 Å². The lowest BCUT2D eigenvalue weighted by Gasteiger charge is -2.43. The van der Waals surface area contributed by atoms with Crippen LogP contribution in [-0.2, 0) is 0 Å². The Hall–Kier alpha value is -1.77. The molecular formula is C21H22Cl2N2. The molecule has 0 bridgehead atoms. The van der Waals surface area contributed by atoms with Crippen molar-refractivity contribution in [1.82, 2.24) is 0 Å². The first-order chi connectivity index (χ1) is 11.8. The number of fused-ring (bicyclic) bond motifs is 1. The van der Waals surface area contributed by atoms with E-state index in [0.29, 0.717) is 10.0 Å². The molecule has 1 aliphatic rings. The summed E-state index contributed by atoms with van der Waals surface area (Å²) in [5.74, 6) is 0. The van der Waals surface area contributed by atoms with E-state index >= 15 is 0 Å². The Morgan fingerprint density at radius 3 is 2.44 bits per heavy atom. The highest BCUT2D eigenvalue weighted by atomic mass is 35.5. The van der Waals surface area contributed by atoms with Crippen LogP contribution in [0.5, 0.6) is 0 Å². The molecule has 1 heterocycles. The molecule has 2 nitrogen and oxygen atoms in total. The number of halogens is 2. The third kappa shape index (κ3) is 3.61. The minimum atomic E-state index is -0.0198. The maximum Gasteiger partial charge on any atom is 0.0630 e. The molecule has 25 heavy (non-hydrogen) atoms. The van der Waals surface area contributed by atoms with Crippen LogP contribution in [0.25, 0.3) is 5.57 Å². The summed E-state index contributed by atoms with van der Waals surface area (Å²) >= 11 is 12.5.